The number of carbonyl (C=O) groups excluding carboxylic acids is 2. The van der Waals surface area contributed by atoms with Crippen molar-refractivity contribution in [2.75, 3.05) is 16.8 Å². The lowest BCUT2D eigenvalue weighted by atomic mass is 9.95. The molecule has 5 nitrogen and oxygen atoms in total. The van der Waals surface area contributed by atoms with Gasteiger partial charge in [0.05, 0.1) is 12.2 Å². The van der Waals surface area contributed by atoms with Crippen molar-refractivity contribution in [1.29, 1.82) is 0 Å². The van der Waals surface area contributed by atoms with Crippen LogP contribution in [0.4, 0.5) is 11.4 Å². The minimum Gasteiger partial charge on any atom is -0.481 e. The number of amides is 2. The first kappa shape index (κ1) is 17.0. The largest absolute Gasteiger partial charge is 0.481 e. The lowest BCUT2D eigenvalue weighted by Gasteiger charge is -2.30. The van der Waals surface area contributed by atoms with Gasteiger partial charge in [0.15, 0.2) is 6.61 Å². The maximum Gasteiger partial charge on any atom is 0.265 e. The van der Waals surface area contributed by atoms with Crippen LogP contribution in [0.3, 0.4) is 0 Å². The average Bonchev–Trinajstić information content (AvgIpc) is 2.57. The van der Waals surface area contributed by atoms with Crippen molar-refractivity contribution in [3.8, 4) is 5.75 Å². The Hall–Kier alpha value is -2.82. The van der Waals surface area contributed by atoms with Gasteiger partial charge in [-0.3, -0.25) is 9.59 Å². The van der Waals surface area contributed by atoms with E-state index in [1.54, 1.807) is 17.0 Å². The molecule has 1 heterocycles. The van der Waals surface area contributed by atoms with E-state index < -0.39 is 5.41 Å². The van der Waals surface area contributed by atoms with Crippen molar-refractivity contribution in [3.63, 3.8) is 0 Å². The molecule has 0 saturated carbocycles. The summed E-state index contributed by atoms with van der Waals surface area (Å²) in [5.74, 6) is 0.450. The molecule has 0 atom stereocenters. The number of nitrogens with one attached hydrogen (secondary N) is 1. The molecular formula is C20H22N2O3. The van der Waals surface area contributed by atoms with Crippen LogP contribution in [0.5, 0.6) is 5.75 Å². The van der Waals surface area contributed by atoms with Gasteiger partial charge in [-0.1, -0.05) is 51.1 Å². The van der Waals surface area contributed by atoms with E-state index in [-0.39, 0.29) is 18.4 Å². The highest BCUT2D eigenvalue weighted by molar-refractivity contribution is 5.99. The number of fused-ring (bicyclic) bond motifs is 1. The fraction of sp³-hybridized carbons (Fsp3) is 0.300. The van der Waals surface area contributed by atoms with Crippen LogP contribution in [-0.4, -0.2) is 18.4 Å². The summed E-state index contributed by atoms with van der Waals surface area (Å²) in [5, 5.41) is 2.89. The van der Waals surface area contributed by atoms with Gasteiger partial charge in [0.2, 0.25) is 5.91 Å². The van der Waals surface area contributed by atoms with Crippen molar-refractivity contribution < 1.29 is 14.3 Å². The number of nitrogens with zero attached hydrogens (tertiary/aromatic N) is 1. The molecule has 2 amide bonds. The monoisotopic (exact) mass is 338 g/mol. The molecule has 0 fully saturated rings. The van der Waals surface area contributed by atoms with E-state index in [2.05, 4.69) is 5.32 Å². The van der Waals surface area contributed by atoms with Gasteiger partial charge in [0, 0.05) is 17.2 Å². The van der Waals surface area contributed by atoms with Crippen LogP contribution in [0.15, 0.2) is 48.5 Å². The highest BCUT2D eigenvalue weighted by atomic mass is 16.5. The molecule has 0 aliphatic carbocycles. The molecule has 0 aromatic heterocycles. The maximum atomic E-state index is 12.3. The molecule has 5 heteroatoms. The molecular weight excluding hydrogens is 316 g/mol. The molecule has 0 saturated heterocycles. The van der Waals surface area contributed by atoms with Crippen LogP contribution in [0.1, 0.15) is 26.3 Å². The Bertz CT molecular complexity index is 794. The van der Waals surface area contributed by atoms with Crippen LogP contribution in [0, 0.1) is 5.41 Å². The van der Waals surface area contributed by atoms with Gasteiger partial charge < -0.3 is 15.0 Å². The molecule has 1 aliphatic rings. The molecule has 3 rings (SSSR count). The zero-order valence-corrected chi connectivity index (χ0v) is 14.7. The predicted octanol–water partition coefficient (Wildman–Crippen LogP) is 3.60. The van der Waals surface area contributed by atoms with Crippen LogP contribution in [0.25, 0.3) is 0 Å². The van der Waals surface area contributed by atoms with E-state index in [4.69, 9.17) is 4.74 Å². The second kappa shape index (κ2) is 6.59. The van der Waals surface area contributed by atoms with Crippen molar-refractivity contribution in [1.82, 2.24) is 0 Å². The van der Waals surface area contributed by atoms with Crippen molar-refractivity contribution in [2.45, 2.75) is 27.3 Å². The number of hydrogen-bond donors (Lipinski definition) is 1. The minimum absolute atomic E-state index is 0.00347. The average molecular weight is 338 g/mol. The van der Waals surface area contributed by atoms with Crippen LogP contribution in [0.2, 0.25) is 0 Å². The first-order chi connectivity index (χ1) is 11.8. The van der Waals surface area contributed by atoms with Gasteiger partial charge in [-0.15, -0.1) is 0 Å². The summed E-state index contributed by atoms with van der Waals surface area (Å²) in [5.41, 5.74) is 1.95. The summed E-state index contributed by atoms with van der Waals surface area (Å²) in [6.45, 7) is 6.06. The minimum atomic E-state index is -0.480. The molecule has 2 aromatic rings. The normalized spacial score (nSPS) is 13.9. The lowest BCUT2D eigenvalue weighted by molar-refractivity contribution is -0.123. The summed E-state index contributed by atoms with van der Waals surface area (Å²) in [4.78, 5) is 26.1. The fourth-order valence-corrected chi connectivity index (χ4v) is 2.54. The smallest absolute Gasteiger partial charge is 0.265 e. The summed E-state index contributed by atoms with van der Waals surface area (Å²) in [7, 11) is 0. The van der Waals surface area contributed by atoms with E-state index in [1.807, 2.05) is 57.2 Å². The van der Waals surface area contributed by atoms with E-state index in [0.717, 1.165) is 5.56 Å². The van der Waals surface area contributed by atoms with Crippen molar-refractivity contribution in [3.05, 3.63) is 54.1 Å². The number of benzene rings is 2. The number of anilines is 2. The first-order valence-electron chi connectivity index (χ1n) is 8.27. The molecule has 2 aromatic carbocycles. The third-order valence-electron chi connectivity index (χ3n) is 4.03. The predicted molar refractivity (Wildman–Crippen MR) is 97.7 cm³/mol. The Labute approximate surface area is 147 Å². The summed E-state index contributed by atoms with van der Waals surface area (Å²) < 4.78 is 5.57. The molecule has 130 valence electrons. The van der Waals surface area contributed by atoms with Crippen molar-refractivity contribution >= 4 is 23.2 Å². The first-order valence-corrected chi connectivity index (χ1v) is 8.27. The number of ether oxygens (including phenoxy) is 1. The topological polar surface area (TPSA) is 58.6 Å². The van der Waals surface area contributed by atoms with Gasteiger partial charge >= 0.3 is 0 Å². The Morgan fingerprint density at radius 1 is 1.16 bits per heavy atom. The molecule has 0 radical (unpaired) electrons. The third-order valence-corrected chi connectivity index (χ3v) is 4.03. The molecule has 1 aliphatic heterocycles. The van der Waals surface area contributed by atoms with Gasteiger partial charge in [0.25, 0.3) is 5.91 Å². The quantitative estimate of drug-likeness (QED) is 0.930. The second-order valence-corrected chi connectivity index (χ2v) is 7.14. The fourth-order valence-electron chi connectivity index (χ4n) is 2.54. The Kier molecular flexibility index (Phi) is 4.49. The third kappa shape index (κ3) is 3.82. The van der Waals surface area contributed by atoms with Gasteiger partial charge in [-0.05, 0) is 17.7 Å². The van der Waals surface area contributed by atoms with Gasteiger partial charge in [-0.2, -0.15) is 0 Å². The Balaban J connectivity index is 1.84. The van der Waals surface area contributed by atoms with E-state index in [1.165, 1.54) is 0 Å². The van der Waals surface area contributed by atoms with Gasteiger partial charge in [-0.25, -0.2) is 0 Å². The molecule has 25 heavy (non-hydrogen) atoms. The highest BCUT2D eigenvalue weighted by Gasteiger charge is 2.27. The molecule has 1 N–H and O–H groups in total. The molecule has 0 unspecified atom stereocenters. The Morgan fingerprint density at radius 3 is 2.56 bits per heavy atom. The van der Waals surface area contributed by atoms with Crippen LogP contribution >= 0.6 is 0 Å². The lowest BCUT2D eigenvalue weighted by Crippen LogP contribution is -2.38. The molecule has 0 bridgehead atoms. The second-order valence-electron chi connectivity index (χ2n) is 7.14. The zero-order chi connectivity index (χ0) is 18.0. The van der Waals surface area contributed by atoms with Gasteiger partial charge in [0.1, 0.15) is 5.75 Å². The van der Waals surface area contributed by atoms with Crippen molar-refractivity contribution in [2.24, 2.45) is 5.41 Å². The molecule has 0 spiro atoms. The standard InChI is InChI=1S/C20H22N2O3/c1-20(2,3)19(24)21-15-9-10-16-17(11-15)25-13-18(23)22(16)12-14-7-5-4-6-8-14/h4-11H,12-13H2,1-3H3,(H,21,24). The highest BCUT2D eigenvalue weighted by Crippen LogP contribution is 2.35. The number of rotatable bonds is 3. The number of hydrogen-bond acceptors (Lipinski definition) is 3. The van der Waals surface area contributed by atoms with E-state index in [9.17, 15) is 9.59 Å². The maximum absolute atomic E-state index is 12.3. The number of carbonyl (C=O) groups is 2. The summed E-state index contributed by atoms with van der Waals surface area (Å²) >= 11 is 0. The summed E-state index contributed by atoms with van der Waals surface area (Å²) in [6, 6.07) is 15.2. The van der Waals surface area contributed by atoms with Crippen LogP contribution < -0.4 is 15.0 Å². The van der Waals surface area contributed by atoms with E-state index >= 15 is 0 Å². The SMILES string of the molecule is CC(C)(C)C(=O)Nc1ccc2c(c1)OCC(=O)N2Cc1ccccc1. The summed E-state index contributed by atoms with van der Waals surface area (Å²) in [6.07, 6.45) is 0. The van der Waals surface area contributed by atoms with E-state index in [0.29, 0.717) is 23.7 Å². The zero-order valence-electron chi connectivity index (χ0n) is 14.7. The Morgan fingerprint density at radius 2 is 1.88 bits per heavy atom. The van der Waals surface area contributed by atoms with Crippen LogP contribution in [-0.2, 0) is 16.1 Å².